The Balaban J connectivity index is 0.00000192. The molecule has 0 aliphatic carbocycles. The molecule has 3 rings (SSSR count). The zero-order valence-corrected chi connectivity index (χ0v) is 15.3. The van der Waals surface area contributed by atoms with Gasteiger partial charge in [-0.05, 0) is 44.1 Å². The van der Waals surface area contributed by atoms with Gasteiger partial charge in [0.15, 0.2) is 0 Å². The molecule has 0 radical (unpaired) electrons. The van der Waals surface area contributed by atoms with E-state index in [0.717, 1.165) is 31.1 Å². The van der Waals surface area contributed by atoms with Crippen LogP contribution in [0.1, 0.15) is 25.7 Å². The molecule has 1 saturated heterocycles. The average molecular weight is 379 g/mol. The van der Waals surface area contributed by atoms with E-state index < -0.39 is 0 Å². The third-order valence-electron chi connectivity index (χ3n) is 4.10. The highest BCUT2D eigenvalue weighted by Gasteiger charge is 2.18. The predicted octanol–water partition coefficient (Wildman–Crippen LogP) is 4.44. The Morgan fingerprint density at radius 1 is 1.04 bits per heavy atom. The normalized spacial score (nSPS) is 18.5. The van der Waals surface area contributed by atoms with Crippen LogP contribution in [0.4, 0.5) is 5.69 Å². The summed E-state index contributed by atoms with van der Waals surface area (Å²) in [7, 11) is 0. The zero-order valence-electron chi connectivity index (χ0n) is 13.0. The second-order valence-electron chi connectivity index (χ2n) is 5.72. The Morgan fingerprint density at radius 2 is 1.83 bits per heavy atom. The Labute approximate surface area is 153 Å². The van der Waals surface area contributed by atoms with Gasteiger partial charge in [-0.15, -0.1) is 17.5 Å². The first-order valence-electron chi connectivity index (χ1n) is 7.87. The molecule has 0 atom stereocenters. The summed E-state index contributed by atoms with van der Waals surface area (Å²) in [5, 5.41) is 7.55. The molecule has 0 unspecified atom stereocenters. The smallest absolute Gasteiger partial charge is 0.208 e. The minimum absolute atomic E-state index is 0. The summed E-state index contributed by atoms with van der Waals surface area (Å²) in [5.41, 5.74) is 0.948. The molecule has 2 aliphatic rings. The van der Waals surface area contributed by atoms with Crippen molar-refractivity contribution in [1.82, 2.24) is 4.90 Å². The van der Waals surface area contributed by atoms with Crippen molar-refractivity contribution < 1.29 is 4.74 Å². The topological polar surface area (TPSA) is 28.1 Å². The van der Waals surface area contributed by atoms with Gasteiger partial charge in [0.2, 0.25) is 5.90 Å². The van der Waals surface area contributed by atoms with E-state index in [2.05, 4.69) is 10.0 Å². The number of ether oxygens (including phenoxy) is 1. The number of rotatable bonds is 4. The summed E-state index contributed by atoms with van der Waals surface area (Å²) >= 11 is 12.0. The van der Waals surface area contributed by atoms with Gasteiger partial charge in [0, 0.05) is 13.0 Å². The Kier molecular flexibility index (Phi) is 7.28. The highest BCUT2D eigenvalue weighted by atomic mass is 35.5. The molecule has 1 aromatic carbocycles. The lowest BCUT2D eigenvalue weighted by atomic mass is 10.1. The lowest BCUT2D eigenvalue weighted by Gasteiger charge is -2.26. The van der Waals surface area contributed by atoms with Gasteiger partial charge >= 0.3 is 0 Å². The highest BCUT2D eigenvalue weighted by molar-refractivity contribution is 6.42. The van der Waals surface area contributed by atoms with Gasteiger partial charge in [-0.2, -0.15) is 0 Å². The van der Waals surface area contributed by atoms with Gasteiger partial charge < -0.3 is 4.74 Å². The van der Waals surface area contributed by atoms with Crippen LogP contribution in [-0.4, -0.2) is 43.6 Å². The maximum absolute atomic E-state index is 6.05. The molecule has 0 aromatic heterocycles. The summed E-state index contributed by atoms with van der Waals surface area (Å²) in [5.74, 6) is 0.808. The van der Waals surface area contributed by atoms with Crippen molar-refractivity contribution in [3.8, 4) is 0 Å². The van der Waals surface area contributed by atoms with Crippen molar-refractivity contribution in [3.63, 3.8) is 0 Å². The average Bonchev–Trinajstić information content (AvgIpc) is 3.00. The first-order chi connectivity index (χ1) is 10.7. The molecule has 2 heterocycles. The van der Waals surface area contributed by atoms with Crippen LogP contribution < -0.4 is 5.01 Å². The van der Waals surface area contributed by atoms with Crippen LogP contribution in [0.5, 0.6) is 0 Å². The highest BCUT2D eigenvalue weighted by Crippen LogP contribution is 2.28. The van der Waals surface area contributed by atoms with Crippen LogP contribution in [-0.2, 0) is 4.74 Å². The number of hydrazone groups is 1. The van der Waals surface area contributed by atoms with Gasteiger partial charge in [-0.1, -0.05) is 29.6 Å². The number of hydrogen-bond donors (Lipinski definition) is 0. The minimum Gasteiger partial charge on any atom is -0.478 e. The first-order valence-corrected chi connectivity index (χ1v) is 8.63. The molecule has 1 fully saturated rings. The second-order valence-corrected chi connectivity index (χ2v) is 6.53. The molecule has 0 amide bonds. The molecule has 4 nitrogen and oxygen atoms in total. The van der Waals surface area contributed by atoms with E-state index in [1.807, 2.05) is 17.1 Å². The number of halogens is 3. The lowest BCUT2D eigenvalue weighted by Crippen LogP contribution is -2.33. The maximum atomic E-state index is 6.05. The summed E-state index contributed by atoms with van der Waals surface area (Å²) in [6.07, 6.45) is 4.82. The van der Waals surface area contributed by atoms with Gasteiger partial charge in [0.1, 0.15) is 6.61 Å². The number of piperidine rings is 1. The van der Waals surface area contributed by atoms with Crippen LogP contribution in [0.25, 0.3) is 0 Å². The number of benzene rings is 1. The van der Waals surface area contributed by atoms with E-state index in [-0.39, 0.29) is 12.4 Å². The van der Waals surface area contributed by atoms with Crippen molar-refractivity contribution in [2.45, 2.75) is 25.7 Å². The fraction of sp³-hybridized carbons (Fsp3) is 0.562. The SMILES string of the molecule is Cl.Clc1ccc(N2CCC(OCCN3CCCCC3)=N2)cc1Cl. The third kappa shape index (κ3) is 5.15. The first kappa shape index (κ1) is 18.7. The minimum atomic E-state index is 0. The number of likely N-dealkylation sites (tertiary alicyclic amines) is 1. The number of anilines is 1. The van der Waals surface area contributed by atoms with Crippen molar-refractivity contribution in [2.24, 2.45) is 5.10 Å². The van der Waals surface area contributed by atoms with Gasteiger partial charge in [-0.25, -0.2) is 0 Å². The Bertz CT molecular complexity index is 547. The van der Waals surface area contributed by atoms with Crippen LogP contribution in [0.2, 0.25) is 10.0 Å². The van der Waals surface area contributed by atoms with Gasteiger partial charge in [0.05, 0.1) is 22.3 Å². The van der Waals surface area contributed by atoms with Gasteiger partial charge in [-0.3, -0.25) is 9.91 Å². The molecule has 1 aromatic rings. The fourth-order valence-electron chi connectivity index (χ4n) is 2.85. The van der Waals surface area contributed by atoms with Crippen LogP contribution in [0.15, 0.2) is 23.3 Å². The lowest BCUT2D eigenvalue weighted by molar-refractivity contribution is 0.177. The molecule has 0 saturated carbocycles. The third-order valence-corrected chi connectivity index (χ3v) is 4.83. The van der Waals surface area contributed by atoms with E-state index in [1.165, 1.54) is 32.4 Å². The van der Waals surface area contributed by atoms with Crippen LogP contribution in [0, 0.1) is 0 Å². The zero-order chi connectivity index (χ0) is 15.4. The Morgan fingerprint density at radius 3 is 2.57 bits per heavy atom. The Hall–Kier alpha value is -0.680. The van der Waals surface area contributed by atoms with Crippen molar-refractivity contribution >= 4 is 47.2 Å². The van der Waals surface area contributed by atoms with E-state index in [9.17, 15) is 0 Å². The van der Waals surface area contributed by atoms with Crippen molar-refractivity contribution in [1.29, 1.82) is 0 Å². The van der Waals surface area contributed by atoms with Crippen LogP contribution in [0.3, 0.4) is 0 Å². The monoisotopic (exact) mass is 377 g/mol. The summed E-state index contributed by atoms with van der Waals surface area (Å²) in [4.78, 5) is 2.47. The fourth-order valence-corrected chi connectivity index (χ4v) is 3.14. The number of hydrogen-bond acceptors (Lipinski definition) is 4. The van der Waals surface area contributed by atoms with E-state index in [1.54, 1.807) is 6.07 Å². The molecule has 7 heteroatoms. The van der Waals surface area contributed by atoms with E-state index in [0.29, 0.717) is 16.7 Å². The molecular weight excluding hydrogens is 357 g/mol. The molecule has 128 valence electrons. The quantitative estimate of drug-likeness (QED) is 0.775. The van der Waals surface area contributed by atoms with Crippen molar-refractivity contribution in [2.75, 3.05) is 37.8 Å². The van der Waals surface area contributed by atoms with E-state index in [4.69, 9.17) is 27.9 Å². The summed E-state index contributed by atoms with van der Waals surface area (Å²) < 4.78 is 5.82. The van der Waals surface area contributed by atoms with Crippen molar-refractivity contribution in [3.05, 3.63) is 28.2 Å². The molecular formula is C16H22Cl3N3O. The molecule has 23 heavy (non-hydrogen) atoms. The molecule has 0 bridgehead atoms. The van der Waals surface area contributed by atoms with E-state index >= 15 is 0 Å². The second kappa shape index (κ2) is 8.97. The van der Waals surface area contributed by atoms with Gasteiger partial charge in [0.25, 0.3) is 0 Å². The molecule has 2 aliphatic heterocycles. The molecule has 0 spiro atoms. The van der Waals surface area contributed by atoms with Crippen LogP contribution >= 0.6 is 35.6 Å². The number of nitrogens with zero attached hydrogens (tertiary/aromatic N) is 3. The molecule has 0 N–H and O–H groups in total. The predicted molar refractivity (Wildman–Crippen MR) is 99.4 cm³/mol. The summed E-state index contributed by atoms with van der Waals surface area (Å²) in [6.45, 7) is 4.92. The maximum Gasteiger partial charge on any atom is 0.208 e. The summed E-state index contributed by atoms with van der Waals surface area (Å²) in [6, 6.07) is 5.56. The largest absolute Gasteiger partial charge is 0.478 e. The standard InChI is InChI=1S/C16H21Cl2N3O.ClH/c17-14-5-4-13(12-15(14)18)21-9-6-16(19-21)22-11-10-20-7-2-1-3-8-20;/h4-5,12H,1-3,6-11H2;1H.